The van der Waals surface area contributed by atoms with Gasteiger partial charge in [-0.3, -0.25) is 0 Å². The van der Waals surface area contributed by atoms with E-state index >= 15 is 0 Å². The summed E-state index contributed by atoms with van der Waals surface area (Å²) in [5.74, 6) is 0.809. The van der Waals surface area contributed by atoms with Gasteiger partial charge in [0.05, 0.1) is 5.56 Å². The van der Waals surface area contributed by atoms with E-state index in [-0.39, 0.29) is 10.6 Å². The van der Waals surface area contributed by atoms with Crippen molar-refractivity contribution in [3.8, 4) is 17.1 Å². The molecule has 0 aliphatic rings. The Morgan fingerprint density at radius 2 is 1.87 bits per heavy atom. The van der Waals surface area contributed by atoms with Crippen molar-refractivity contribution >= 4 is 21.9 Å². The topological polar surface area (TPSA) is 72.1 Å². The molecule has 0 atom stereocenters. The van der Waals surface area contributed by atoms with E-state index in [0.29, 0.717) is 11.4 Å². The summed E-state index contributed by atoms with van der Waals surface area (Å²) in [4.78, 5) is 8.20. The maximum absolute atomic E-state index is 12.5. The first-order valence-electron chi connectivity index (χ1n) is 6.78. The van der Waals surface area contributed by atoms with Gasteiger partial charge in [-0.05, 0) is 30.5 Å². The highest BCUT2D eigenvalue weighted by molar-refractivity contribution is 7.98. The molecule has 0 spiro atoms. The number of aromatic nitrogens is 2. The van der Waals surface area contributed by atoms with E-state index in [1.54, 1.807) is 42.7 Å². The molecular formula is C16H14N2O3S2. The molecule has 0 unspecified atom stereocenters. The summed E-state index contributed by atoms with van der Waals surface area (Å²) in [6.45, 7) is 0. The normalized spacial score (nSPS) is 11.3. The second-order valence-electron chi connectivity index (χ2n) is 4.62. The van der Waals surface area contributed by atoms with E-state index in [1.165, 1.54) is 23.9 Å². The fraction of sp³-hybridized carbons (Fsp3) is 0.0625. The zero-order valence-electron chi connectivity index (χ0n) is 12.3. The van der Waals surface area contributed by atoms with Crippen LogP contribution in [0, 0.1) is 0 Å². The van der Waals surface area contributed by atoms with Crippen LogP contribution in [0.3, 0.4) is 0 Å². The van der Waals surface area contributed by atoms with Crippen LogP contribution in [0.5, 0.6) is 5.75 Å². The fourth-order valence-electron chi connectivity index (χ4n) is 2.14. The van der Waals surface area contributed by atoms with E-state index in [2.05, 4.69) is 9.97 Å². The molecule has 0 saturated heterocycles. The number of rotatable bonds is 5. The summed E-state index contributed by atoms with van der Waals surface area (Å²) in [6, 6.07) is 13.3. The largest absolute Gasteiger partial charge is 0.378 e. The second-order valence-corrected chi connectivity index (χ2v) is 7.02. The number of hydrogen-bond acceptors (Lipinski definition) is 5. The quantitative estimate of drug-likeness (QED) is 0.565. The Labute approximate surface area is 138 Å². The van der Waals surface area contributed by atoms with E-state index in [0.717, 1.165) is 4.90 Å². The first kappa shape index (κ1) is 15.6. The number of nitrogens with one attached hydrogen (secondary N) is 1. The minimum absolute atomic E-state index is 0.111. The van der Waals surface area contributed by atoms with Gasteiger partial charge in [-0.1, -0.05) is 24.3 Å². The van der Waals surface area contributed by atoms with E-state index in [9.17, 15) is 8.42 Å². The molecule has 3 aromatic rings. The molecule has 2 aromatic carbocycles. The molecule has 0 saturated carbocycles. The Kier molecular flexibility index (Phi) is 4.40. The zero-order chi connectivity index (χ0) is 16.3. The molecule has 5 nitrogen and oxygen atoms in total. The second kappa shape index (κ2) is 6.47. The standard InChI is InChI=1S/C16H14N2O3S2/c1-22-14-9-5-8-13(15(14)16-17-10-11-18-16)21-23(19,20)12-6-3-2-4-7-12/h2-11H,1H3,(H,17,18). The number of imidazole rings is 1. The third-order valence-electron chi connectivity index (χ3n) is 3.17. The third-order valence-corrected chi connectivity index (χ3v) is 5.20. The van der Waals surface area contributed by atoms with E-state index in [4.69, 9.17) is 4.18 Å². The van der Waals surface area contributed by atoms with Gasteiger partial charge >= 0.3 is 10.1 Å². The number of nitrogens with zero attached hydrogens (tertiary/aromatic N) is 1. The number of hydrogen-bond donors (Lipinski definition) is 1. The van der Waals surface area contributed by atoms with Crippen molar-refractivity contribution < 1.29 is 12.6 Å². The molecule has 0 bridgehead atoms. The van der Waals surface area contributed by atoms with E-state index in [1.807, 2.05) is 12.3 Å². The van der Waals surface area contributed by atoms with Crippen molar-refractivity contribution in [1.82, 2.24) is 9.97 Å². The van der Waals surface area contributed by atoms with Crippen LogP contribution in [0.1, 0.15) is 0 Å². The van der Waals surface area contributed by atoms with Crippen molar-refractivity contribution in [2.75, 3.05) is 6.26 Å². The predicted octanol–water partition coefficient (Wildman–Crippen LogP) is 3.57. The lowest BCUT2D eigenvalue weighted by atomic mass is 10.2. The third kappa shape index (κ3) is 3.25. The minimum Gasteiger partial charge on any atom is -0.378 e. The summed E-state index contributed by atoms with van der Waals surface area (Å²) in [6.07, 6.45) is 5.21. The molecule has 7 heteroatoms. The summed E-state index contributed by atoms with van der Waals surface area (Å²) >= 11 is 1.49. The van der Waals surface area contributed by atoms with Crippen LogP contribution in [0.2, 0.25) is 0 Å². The van der Waals surface area contributed by atoms with Gasteiger partial charge in [0.25, 0.3) is 0 Å². The number of aromatic amines is 1. The number of benzene rings is 2. The average Bonchev–Trinajstić information content (AvgIpc) is 3.09. The molecule has 0 aliphatic carbocycles. The molecule has 1 heterocycles. The van der Waals surface area contributed by atoms with Gasteiger partial charge in [0.15, 0.2) is 5.75 Å². The van der Waals surface area contributed by atoms with Crippen LogP contribution in [0.4, 0.5) is 0 Å². The first-order chi connectivity index (χ1) is 11.1. The van der Waals surface area contributed by atoms with Crippen LogP contribution < -0.4 is 4.18 Å². The lowest BCUT2D eigenvalue weighted by molar-refractivity contribution is 0.486. The van der Waals surface area contributed by atoms with Crippen molar-refractivity contribution in [3.05, 3.63) is 60.9 Å². The smallest absolute Gasteiger partial charge is 0.339 e. The van der Waals surface area contributed by atoms with Gasteiger partial charge in [0.2, 0.25) is 0 Å². The van der Waals surface area contributed by atoms with Gasteiger partial charge in [0, 0.05) is 17.3 Å². The monoisotopic (exact) mass is 346 g/mol. The van der Waals surface area contributed by atoms with Gasteiger partial charge < -0.3 is 9.17 Å². The SMILES string of the molecule is CSc1cccc(OS(=O)(=O)c2ccccc2)c1-c1ncc[nH]1. The highest BCUT2D eigenvalue weighted by Gasteiger charge is 2.21. The molecule has 23 heavy (non-hydrogen) atoms. The Morgan fingerprint density at radius 1 is 1.09 bits per heavy atom. The van der Waals surface area contributed by atoms with Crippen LogP contribution in [-0.4, -0.2) is 24.6 Å². The summed E-state index contributed by atoms with van der Waals surface area (Å²) in [7, 11) is -3.90. The molecule has 0 radical (unpaired) electrons. The van der Waals surface area contributed by atoms with Crippen LogP contribution in [-0.2, 0) is 10.1 Å². The van der Waals surface area contributed by atoms with Crippen molar-refractivity contribution in [2.24, 2.45) is 0 Å². The van der Waals surface area contributed by atoms with Crippen molar-refractivity contribution in [3.63, 3.8) is 0 Å². The highest BCUT2D eigenvalue weighted by Crippen LogP contribution is 2.37. The predicted molar refractivity (Wildman–Crippen MR) is 90.1 cm³/mol. The maximum Gasteiger partial charge on any atom is 0.339 e. The molecule has 0 fully saturated rings. The van der Waals surface area contributed by atoms with Gasteiger partial charge in [-0.25, -0.2) is 4.98 Å². The van der Waals surface area contributed by atoms with Crippen molar-refractivity contribution in [1.29, 1.82) is 0 Å². The Hall–Kier alpha value is -2.25. The Balaban J connectivity index is 2.08. The van der Waals surface area contributed by atoms with Gasteiger partial charge in [-0.2, -0.15) is 8.42 Å². The van der Waals surface area contributed by atoms with Crippen LogP contribution in [0.25, 0.3) is 11.4 Å². The molecule has 1 N–H and O–H groups in total. The van der Waals surface area contributed by atoms with Crippen LogP contribution >= 0.6 is 11.8 Å². The Morgan fingerprint density at radius 3 is 2.52 bits per heavy atom. The van der Waals surface area contributed by atoms with E-state index < -0.39 is 10.1 Å². The zero-order valence-corrected chi connectivity index (χ0v) is 13.9. The summed E-state index contributed by atoms with van der Waals surface area (Å²) in [5, 5.41) is 0. The van der Waals surface area contributed by atoms with Crippen LogP contribution in [0.15, 0.2) is 70.7 Å². The molecule has 0 amide bonds. The highest BCUT2D eigenvalue weighted by atomic mass is 32.2. The molecule has 0 aliphatic heterocycles. The minimum atomic E-state index is -3.90. The molecule has 3 rings (SSSR count). The van der Waals surface area contributed by atoms with Gasteiger partial charge in [-0.15, -0.1) is 11.8 Å². The first-order valence-corrected chi connectivity index (χ1v) is 9.41. The summed E-state index contributed by atoms with van der Waals surface area (Å²) in [5.41, 5.74) is 0.629. The molecule has 118 valence electrons. The lowest BCUT2D eigenvalue weighted by Gasteiger charge is -2.13. The summed E-state index contributed by atoms with van der Waals surface area (Å²) < 4.78 is 30.3. The number of thioether (sulfide) groups is 1. The number of H-pyrrole nitrogens is 1. The lowest BCUT2D eigenvalue weighted by Crippen LogP contribution is -2.10. The average molecular weight is 346 g/mol. The molecule has 1 aromatic heterocycles. The van der Waals surface area contributed by atoms with Crippen molar-refractivity contribution in [2.45, 2.75) is 9.79 Å². The van der Waals surface area contributed by atoms with Gasteiger partial charge in [0.1, 0.15) is 10.7 Å². The fourth-order valence-corrected chi connectivity index (χ4v) is 3.72. The molecular weight excluding hydrogens is 332 g/mol. The maximum atomic E-state index is 12.5. The Bertz CT molecular complexity index is 892.